The van der Waals surface area contributed by atoms with E-state index in [9.17, 15) is 18.8 Å². The zero-order valence-electron chi connectivity index (χ0n) is 15.8. The van der Waals surface area contributed by atoms with Crippen molar-refractivity contribution in [2.75, 3.05) is 17.8 Å². The Balaban J connectivity index is 2.37. The van der Waals surface area contributed by atoms with E-state index in [2.05, 4.69) is 0 Å². The molecule has 0 bridgehead atoms. The lowest BCUT2D eigenvalue weighted by Gasteiger charge is -2.26. The fourth-order valence-corrected chi connectivity index (χ4v) is 8.66. The van der Waals surface area contributed by atoms with E-state index < -0.39 is 37.5 Å². The molecule has 0 saturated carbocycles. The summed E-state index contributed by atoms with van der Waals surface area (Å²) in [5.74, 6) is -0.410. The zero-order valence-corrected chi connectivity index (χ0v) is 18.4. The number of rotatable bonds is 13. The van der Waals surface area contributed by atoms with E-state index in [1.165, 1.54) is 0 Å². The summed E-state index contributed by atoms with van der Waals surface area (Å²) in [5.41, 5.74) is 2.24. The van der Waals surface area contributed by atoms with E-state index in [-0.39, 0.29) is 12.2 Å². The molecule has 0 aromatic heterocycles. The Morgan fingerprint density at radius 1 is 1.04 bits per heavy atom. The van der Waals surface area contributed by atoms with Crippen LogP contribution in [-0.4, -0.2) is 48.9 Å². The van der Waals surface area contributed by atoms with Crippen LogP contribution in [0.15, 0.2) is 24.3 Å². The molecule has 11 heteroatoms. The summed E-state index contributed by atoms with van der Waals surface area (Å²) in [6.07, 6.45) is 5.68. The van der Waals surface area contributed by atoms with Gasteiger partial charge >= 0.3 is 13.6 Å². The molecule has 160 valence electrons. The van der Waals surface area contributed by atoms with Gasteiger partial charge in [0.1, 0.15) is 11.5 Å². The first-order chi connectivity index (χ1) is 12.9. The number of carbonyl (C=O) groups is 1. The third-order valence-corrected chi connectivity index (χ3v) is 10.3. The maximum Gasteiger partial charge on any atom is 0.341 e. The maximum absolute atomic E-state index is 11.3. The molecule has 0 heterocycles. The summed E-state index contributed by atoms with van der Waals surface area (Å²) in [6, 6.07) is 7.98. The van der Waals surface area contributed by atoms with Crippen molar-refractivity contribution < 1.29 is 38.6 Å². The maximum atomic E-state index is 11.3. The van der Waals surface area contributed by atoms with Crippen molar-refractivity contribution in [2.24, 2.45) is 0 Å². The Morgan fingerprint density at radius 2 is 1.54 bits per heavy atom. The van der Waals surface area contributed by atoms with Crippen molar-refractivity contribution in [1.29, 1.82) is 0 Å². The van der Waals surface area contributed by atoms with Crippen LogP contribution >= 0.6 is 15.2 Å². The molecule has 1 rings (SSSR count). The van der Waals surface area contributed by atoms with Gasteiger partial charge in [-0.05, 0) is 54.1 Å². The van der Waals surface area contributed by atoms with Crippen LogP contribution in [0.25, 0.3) is 0 Å². The van der Waals surface area contributed by atoms with Gasteiger partial charge in [0.25, 0.3) is 0 Å². The van der Waals surface area contributed by atoms with Crippen LogP contribution < -0.4 is 4.89 Å². The lowest BCUT2D eigenvalue weighted by Crippen LogP contribution is -2.27. The molecule has 0 aliphatic rings. The highest BCUT2D eigenvalue weighted by atomic mass is 32.2. The van der Waals surface area contributed by atoms with Crippen LogP contribution in [0.4, 0.5) is 0 Å². The molecule has 0 amide bonds. The number of unbranched alkanes of at least 4 members (excludes halogenated alkanes) is 1. The SMILES string of the molecule is C[S+](CCCCc1ccc(CCCC(=O)O)cc1)CC(P(=O)([O-])O)P(=O)(O)O. The Kier molecular flexibility index (Phi) is 10.4. The molecule has 4 N–H and O–H groups in total. The summed E-state index contributed by atoms with van der Waals surface area (Å²) < 4.78 is 22.5. The van der Waals surface area contributed by atoms with Gasteiger partial charge in [-0.1, -0.05) is 24.3 Å². The molecule has 3 atom stereocenters. The first-order valence-electron chi connectivity index (χ1n) is 8.87. The van der Waals surface area contributed by atoms with E-state index in [4.69, 9.17) is 19.8 Å². The molecule has 1 aromatic carbocycles. The molecule has 0 aliphatic carbocycles. The van der Waals surface area contributed by atoms with E-state index in [1.54, 1.807) is 6.26 Å². The second kappa shape index (κ2) is 11.5. The van der Waals surface area contributed by atoms with Gasteiger partial charge in [0.15, 0.2) is 13.0 Å². The first-order valence-corrected chi connectivity index (χ1v) is 14.2. The number of aliphatic carboxylic acids is 1. The number of hydrogen-bond donors (Lipinski definition) is 4. The smallest absolute Gasteiger partial charge is 0.341 e. The third-order valence-electron chi connectivity index (χ3n) is 4.29. The lowest BCUT2D eigenvalue weighted by molar-refractivity contribution is -0.194. The summed E-state index contributed by atoms with van der Waals surface area (Å²) in [7, 11) is -10.5. The Bertz CT molecular complexity index is 690. The quantitative estimate of drug-likeness (QED) is 0.199. The topological polar surface area (TPSA) is 155 Å². The van der Waals surface area contributed by atoms with Crippen LogP contribution in [0, 0.1) is 0 Å². The van der Waals surface area contributed by atoms with Crippen molar-refractivity contribution in [3.63, 3.8) is 0 Å². The number of aryl methyl sites for hydroxylation is 2. The Morgan fingerprint density at radius 3 is 1.96 bits per heavy atom. The second-order valence-corrected chi connectivity index (χ2v) is 13.1. The van der Waals surface area contributed by atoms with Crippen molar-refractivity contribution >= 4 is 32.1 Å². The van der Waals surface area contributed by atoms with Crippen LogP contribution in [-0.2, 0) is 37.7 Å². The van der Waals surface area contributed by atoms with Crippen LogP contribution in [0.3, 0.4) is 0 Å². The molecular weight excluding hydrogens is 426 g/mol. The van der Waals surface area contributed by atoms with Crippen molar-refractivity contribution in [1.82, 2.24) is 0 Å². The molecule has 0 spiro atoms. The van der Waals surface area contributed by atoms with E-state index in [0.717, 1.165) is 36.8 Å². The van der Waals surface area contributed by atoms with Crippen LogP contribution in [0.2, 0.25) is 0 Å². The number of carboxylic acids is 1. The standard InChI is InChI=1S/C17H28O8P2S/c1-28(13-17(26(20,21)22)27(23,24)25)12-3-2-5-14-8-10-15(11-9-14)6-4-7-16(18)19/h8-11,17H,2-7,12-13H2,1H3,(H4-,18,19,20,21,22,23,24,25). The second-order valence-electron chi connectivity index (χ2n) is 6.81. The van der Waals surface area contributed by atoms with Gasteiger partial charge in [0.05, 0.1) is 6.26 Å². The summed E-state index contributed by atoms with van der Waals surface area (Å²) >= 11 is 0. The molecule has 0 fully saturated rings. The van der Waals surface area contributed by atoms with Crippen molar-refractivity contribution in [2.45, 2.75) is 43.9 Å². The zero-order chi connectivity index (χ0) is 21.4. The number of benzene rings is 1. The fraction of sp³-hybridized carbons (Fsp3) is 0.588. The minimum atomic E-state index is -5.10. The number of hydrogen-bond acceptors (Lipinski definition) is 4. The average Bonchev–Trinajstić information content (AvgIpc) is 2.55. The molecule has 0 radical (unpaired) electrons. The van der Waals surface area contributed by atoms with Crippen molar-refractivity contribution in [3.8, 4) is 0 Å². The van der Waals surface area contributed by atoms with Gasteiger partial charge in [-0.3, -0.25) is 9.36 Å². The Labute approximate surface area is 168 Å². The van der Waals surface area contributed by atoms with E-state index >= 15 is 0 Å². The van der Waals surface area contributed by atoms with Crippen LogP contribution in [0.1, 0.15) is 36.8 Å². The summed E-state index contributed by atoms with van der Waals surface area (Å²) in [5, 5.41) is 6.62. The molecule has 0 aliphatic heterocycles. The van der Waals surface area contributed by atoms with Gasteiger partial charge in [0.2, 0.25) is 0 Å². The molecule has 8 nitrogen and oxygen atoms in total. The minimum absolute atomic E-state index is 0.154. The van der Waals surface area contributed by atoms with Gasteiger partial charge < -0.3 is 29.2 Å². The monoisotopic (exact) mass is 454 g/mol. The van der Waals surface area contributed by atoms with Gasteiger partial charge in [0, 0.05) is 6.42 Å². The summed E-state index contributed by atoms with van der Waals surface area (Å²) in [4.78, 5) is 49.1. The highest BCUT2D eigenvalue weighted by Gasteiger charge is 2.41. The average molecular weight is 454 g/mol. The third kappa shape index (κ3) is 10.2. The lowest BCUT2D eigenvalue weighted by atomic mass is 10.0. The van der Waals surface area contributed by atoms with Crippen LogP contribution in [0.5, 0.6) is 0 Å². The Hall–Kier alpha value is -0.660. The highest BCUT2D eigenvalue weighted by Crippen LogP contribution is 2.57. The van der Waals surface area contributed by atoms with Gasteiger partial charge in [-0.25, -0.2) is 0 Å². The fourth-order valence-electron chi connectivity index (χ4n) is 2.71. The first kappa shape index (κ1) is 25.4. The van der Waals surface area contributed by atoms with Gasteiger partial charge in [-0.15, -0.1) is 0 Å². The molecule has 28 heavy (non-hydrogen) atoms. The van der Waals surface area contributed by atoms with Gasteiger partial charge in [-0.2, -0.15) is 0 Å². The van der Waals surface area contributed by atoms with E-state index in [0.29, 0.717) is 12.2 Å². The predicted molar refractivity (Wildman–Crippen MR) is 109 cm³/mol. The summed E-state index contributed by atoms with van der Waals surface area (Å²) in [6.45, 7) is 0. The highest BCUT2D eigenvalue weighted by molar-refractivity contribution is 7.97. The normalized spacial score (nSPS) is 16.3. The molecular formula is C17H28O8P2S. The minimum Gasteiger partial charge on any atom is -0.778 e. The number of carboxylic acid groups (broad SMARTS) is 1. The molecule has 0 saturated heterocycles. The molecule has 1 aromatic rings. The molecule has 3 unspecified atom stereocenters. The largest absolute Gasteiger partial charge is 0.778 e. The van der Waals surface area contributed by atoms with Crippen molar-refractivity contribution in [3.05, 3.63) is 35.4 Å². The van der Waals surface area contributed by atoms with E-state index in [1.807, 2.05) is 24.3 Å². The predicted octanol–water partition coefficient (Wildman–Crippen LogP) is 1.71.